The molecule has 2 aromatic rings. The van der Waals surface area contributed by atoms with Gasteiger partial charge in [-0.15, -0.1) is 0 Å². The highest BCUT2D eigenvalue weighted by molar-refractivity contribution is 5.78. The Morgan fingerprint density at radius 1 is 1.00 bits per heavy atom. The minimum atomic E-state index is 0.0734. The molecule has 1 N–H and O–H groups in total. The fraction of sp³-hybridized carbons (Fsp3) is 0.458. The fourth-order valence-electron chi connectivity index (χ4n) is 3.84. The molecule has 0 aromatic heterocycles. The van der Waals surface area contributed by atoms with E-state index in [9.17, 15) is 4.79 Å². The quantitative estimate of drug-likeness (QED) is 0.740. The largest absolute Gasteiger partial charge is 0.497 e. The number of amides is 1. The Bertz CT molecular complexity index is 753. The molecule has 156 valence electrons. The Morgan fingerprint density at radius 3 is 2.24 bits per heavy atom. The van der Waals surface area contributed by atoms with Crippen molar-refractivity contribution in [3.05, 3.63) is 60.2 Å². The maximum Gasteiger partial charge on any atom is 0.234 e. The van der Waals surface area contributed by atoms with E-state index in [0.717, 1.165) is 38.3 Å². The van der Waals surface area contributed by atoms with Gasteiger partial charge in [0.05, 0.1) is 19.7 Å². The summed E-state index contributed by atoms with van der Waals surface area (Å²) in [6, 6.07) is 18.5. The SMILES string of the molecule is COc1ccc(N2CCN(CC(=O)N[C@H](CC(C)C)c3ccccc3)CC2)cc1. The van der Waals surface area contributed by atoms with Gasteiger partial charge in [-0.2, -0.15) is 0 Å². The Morgan fingerprint density at radius 2 is 1.66 bits per heavy atom. The summed E-state index contributed by atoms with van der Waals surface area (Å²) in [4.78, 5) is 17.3. The Hall–Kier alpha value is -2.53. The van der Waals surface area contributed by atoms with E-state index in [-0.39, 0.29) is 11.9 Å². The molecule has 0 saturated carbocycles. The highest BCUT2D eigenvalue weighted by Gasteiger charge is 2.21. The molecule has 0 bridgehead atoms. The molecule has 1 amide bonds. The molecule has 1 aliphatic rings. The van der Waals surface area contributed by atoms with Crippen LogP contribution in [0.4, 0.5) is 5.69 Å². The number of nitrogens with one attached hydrogen (secondary N) is 1. The smallest absolute Gasteiger partial charge is 0.234 e. The molecule has 0 aliphatic carbocycles. The van der Waals surface area contributed by atoms with Crippen LogP contribution in [-0.2, 0) is 4.79 Å². The first kappa shape index (κ1) is 21.2. The van der Waals surface area contributed by atoms with Gasteiger partial charge in [-0.3, -0.25) is 9.69 Å². The van der Waals surface area contributed by atoms with E-state index in [2.05, 4.69) is 53.2 Å². The average Bonchev–Trinajstić information content (AvgIpc) is 2.74. The van der Waals surface area contributed by atoms with Gasteiger partial charge in [0, 0.05) is 31.9 Å². The van der Waals surface area contributed by atoms with Crippen molar-refractivity contribution in [2.45, 2.75) is 26.3 Å². The lowest BCUT2D eigenvalue weighted by atomic mass is 9.97. The van der Waals surface area contributed by atoms with Crippen molar-refractivity contribution in [1.29, 1.82) is 0 Å². The van der Waals surface area contributed by atoms with E-state index in [1.807, 2.05) is 30.3 Å². The zero-order chi connectivity index (χ0) is 20.6. The van der Waals surface area contributed by atoms with Gasteiger partial charge < -0.3 is 15.0 Å². The number of methoxy groups -OCH3 is 1. The fourth-order valence-corrected chi connectivity index (χ4v) is 3.84. The van der Waals surface area contributed by atoms with Crippen molar-refractivity contribution in [3.8, 4) is 5.75 Å². The van der Waals surface area contributed by atoms with Gasteiger partial charge in [-0.1, -0.05) is 44.2 Å². The van der Waals surface area contributed by atoms with Gasteiger partial charge in [0.2, 0.25) is 5.91 Å². The van der Waals surface area contributed by atoms with Crippen molar-refractivity contribution in [2.75, 3.05) is 44.7 Å². The molecule has 1 saturated heterocycles. The highest BCUT2D eigenvalue weighted by atomic mass is 16.5. The van der Waals surface area contributed by atoms with Gasteiger partial charge in [0.15, 0.2) is 0 Å². The van der Waals surface area contributed by atoms with Crippen LogP contribution in [0.3, 0.4) is 0 Å². The number of piperazine rings is 1. The Balaban J connectivity index is 1.50. The van der Waals surface area contributed by atoms with E-state index in [1.165, 1.54) is 11.3 Å². The second kappa shape index (κ2) is 10.3. The first-order valence-electron chi connectivity index (χ1n) is 10.5. The standard InChI is InChI=1S/C24H33N3O2/c1-19(2)17-23(20-7-5-4-6-8-20)25-24(28)18-26-13-15-27(16-14-26)21-9-11-22(29-3)12-10-21/h4-12,19,23H,13-18H2,1-3H3,(H,25,28)/t23-/m1/s1. The number of benzene rings is 2. The van der Waals surface area contributed by atoms with Gasteiger partial charge >= 0.3 is 0 Å². The lowest BCUT2D eigenvalue weighted by Crippen LogP contribution is -2.49. The van der Waals surface area contributed by atoms with Crippen LogP contribution in [0, 0.1) is 5.92 Å². The molecule has 1 heterocycles. The molecule has 2 aromatic carbocycles. The van der Waals surface area contributed by atoms with Crippen LogP contribution < -0.4 is 15.0 Å². The van der Waals surface area contributed by atoms with Crippen LogP contribution in [0.2, 0.25) is 0 Å². The van der Waals surface area contributed by atoms with Gasteiger partial charge in [0.25, 0.3) is 0 Å². The molecule has 0 spiro atoms. The van der Waals surface area contributed by atoms with Gasteiger partial charge in [0.1, 0.15) is 5.75 Å². The number of ether oxygens (including phenoxy) is 1. The summed E-state index contributed by atoms with van der Waals surface area (Å²) in [5, 5.41) is 3.26. The first-order chi connectivity index (χ1) is 14.0. The van der Waals surface area contributed by atoms with Crippen LogP contribution in [0.15, 0.2) is 54.6 Å². The number of hydrogen-bond donors (Lipinski definition) is 1. The molecular formula is C24H33N3O2. The van der Waals surface area contributed by atoms with E-state index < -0.39 is 0 Å². The second-order valence-electron chi connectivity index (χ2n) is 8.12. The summed E-state index contributed by atoms with van der Waals surface area (Å²) in [6.07, 6.45) is 0.945. The lowest BCUT2D eigenvalue weighted by molar-refractivity contribution is -0.123. The molecule has 3 rings (SSSR count). The van der Waals surface area contributed by atoms with Gasteiger partial charge in [-0.25, -0.2) is 0 Å². The van der Waals surface area contributed by atoms with Crippen molar-refractivity contribution < 1.29 is 9.53 Å². The number of carbonyl (C=O) groups is 1. The topological polar surface area (TPSA) is 44.8 Å². The molecule has 5 nitrogen and oxygen atoms in total. The Kier molecular flexibility index (Phi) is 7.53. The Labute approximate surface area is 174 Å². The van der Waals surface area contributed by atoms with Crippen molar-refractivity contribution in [2.24, 2.45) is 5.92 Å². The zero-order valence-corrected chi connectivity index (χ0v) is 17.8. The summed E-state index contributed by atoms with van der Waals surface area (Å²) in [5.41, 5.74) is 2.38. The van der Waals surface area contributed by atoms with Crippen molar-refractivity contribution >= 4 is 11.6 Å². The van der Waals surface area contributed by atoms with Crippen molar-refractivity contribution in [1.82, 2.24) is 10.2 Å². The molecule has 1 atom stereocenters. The normalized spacial score (nSPS) is 15.9. The predicted molar refractivity (Wildman–Crippen MR) is 118 cm³/mol. The lowest BCUT2D eigenvalue weighted by Gasteiger charge is -2.36. The maximum atomic E-state index is 12.7. The molecule has 29 heavy (non-hydrogen) atoms. The van der Waals surface area contributed by atoms with Crippen LogP contribution >= 0.6 is 0 Å². The van der Waals surface area contributed by atoms with Crippen molar-refractivity contribution in [3.63, 3.8) is 0 Å². The van der Waals surface area contributed by atoms with E-state index >= 15 is 0 Å². The van der Waals surface area contributed by atoms with Gasteiger partial charge in [-0.05, 0) is 42.2 Å². The highest BCUT2D eigenvalue weighted by Crippen LogP contribution is 2.22. The first-order valence-corrected chi connectivity index (χ1v) is 10.5. The molecular weight excluding hydrogens is 362 g/mol. The third-order valence-corrected chi connectivity index (χ3v) is 5.42. The second-order valence-corrected chi connectivity index (χ2v) is 8.12. The van der Waals surface area contributed by atoms with Crippen LogP contribution in [0.1, 0.15) is 31.9 Å². The minimum Gasteiger partial charge on any atom is -0.497 e. The van der Waals surface area contributed by atoms with E-state index in [4.69, 9.17) is 4.74 Å². The van der Waals surface area contributed by atoms with Crippen LogP contribution in [-0.4, -0.2) is 50.6 Å². The molecule has 1 fully saturated rings. The number of nitrogens with zero attached hydrogens (tertiary/aromatic N) is 2. The monoisotopic (exact) mass is 395 g/mol. The van der Waals surface area contributed by atoms with Crippen LogP contribution in [0.25, 0.3) is 0 Å². The molecule has 0 radical (unpaired) electrons. The summed E-state index contributed by atoms with van der Waals surface area (Å²) in [7, 11) is 1.68. The molecule has 0 unspecified atom stereocenters. The third kappa shape index (κ3) is 6.23. The minimum absolute atomic E-state index is 0.0734. The number of rotatable bonds is 8. The summed E-state index contributed by atoms with van der Waals surface area (Å²) >= 11 is 0. The summed E-state index contributed by atoms with van der Waals surface area (Å²) < 4.78 is 5.23. The summed E-state index contributed by atoms with van der Waals surface area (Å²) in [6.45, 7) is 8.47. The molecule has 1 aliphatic heterocycles. The number of anilines is 1. The van der Waals surface area contributed by atoms with E-state index in [1.54, 1.807) is 7.11 Å². The number of hydrogen-bond acceptors (Lipinski definition) is 4. The summed E-state index contributed by atoms with van der Waals surface area (Å²) in [5.74, 6) is 1.50. The average molecular weight is 396 g/mol. The molecule has 5 heteroatoms. The number of carbonyl (C=O) groups excluding carboxylic acids is 1. The predicted octanol–water partition coefficient (Wildman–Crippen LogP) is 3.72. The van der Waals surface area contributed by atoms with E-state index in [0.29, 0.717) is 12.5 Å². The zero-order valence-electron chi connectivity index (χ0n) is 17.8. The van der Waals surface area contributed by atoms with Crippen LogP contribution in [0.5, 0.6) is 5.75 Å². The maximum absolute atomic E-state index is 12.7. The third-order valence-electron chi connectivity index (χ3n) is 5.42.